The number of nitrogens with zero attached hydrogens (tertiary/aromatic N) is 3. The van der Waals surface area contributed by atoms with Crippen LogP contribution in [0.2, 0.25) is 0 Å². The van der Waals surface area contributed by atoms with Gasteiger partial charge < -0.3 is 14.4 Å². The van der Waals surface area contributed by atoms with E-state index in [1.54, 1.807) is 43.4 Å². The molecule has 0 amide bonds. The van der Waals surface area contributed by atoms with Crippen LogP contribution in [-0.4, -0.2) is 41.4 Å². The van der Waals surface area contributed by atoms with Crippen molar-refractivity contribution in [1.29, 1.82) is 0 Å². The van der Waals surface area contributed by atoms with Gasteiger partial charge in [0, 0.05) is 38.6 Å². The van der Waals surface area contributed by atoms with Crippen LogP contribution in [0.4, 0.5) is 0 Å². The van der Waals surface area contributed by atoms with E-state index >= 15 is 0 Å². The Morgan fingerprint density at radius 1 is 1.30 bits per heavy atom. The molecular formula is C16H15N3O4. The number of ether oxygens (including phenoxy) is 2. The summed E-state index contributed by atoms with van der Waals surface area (Å²) in [5.74, 6) is 0.678. The largest absolute Gasteiger partial charge is 0.454 e. The topological polar surface area (TPSA) is 73.7 Å². The molecule has 7 heteroatoms. The predicted molar refractivity (Wildman–Crippen MR) is 83.1 cm³/mol. The van der Waals surface area contributed by atoms with Gasteiger partial charge in [-0.25, -0.2) is 4.68 Å². The highest BCUT2D eigenvalue weighted by Crippen LogP contribution is 2.36. The third-order valence-electron chi connectivity index (χ3n) is 3.19. The third-order valence-corrected chi connectivity index (χ3v) is 3.19. The second-order valence-electron chi connectivity index (χ2n) is 5.13. The molecule has 0 spiro atoms. The van der Waals surface area contributed by atoms with Gasteiger partial charge in [-0.05, 0) is 12.1 Å². The number of carbonyl (C=O) groups is 1. The van der Waals surface area contributed by atoms with E-state index < -0.39 is 11.2 Å². The van der Waals surface area contributed by atoms with Gasteiger partial charge in [0.15, 0.2) is 17.2 Å². The number of para-hydroxylation sites is 1. The Morgan fingerprint density at radius 3 is 2.91 bits per heavy atom. The molecular weight excluding hydrogens is 298 g/mol. The zero-order valence-electron chi connectivity index (χ0n) is 12.7. The molecule has 7 nitrogen and oxygen atoms in total. The Balaban J connectivity index is 2.03. The van der Waals surface area contributed by atoms with E-state index in [0.717, 1.165) is 0 Å². The minimum absolute atomic E-state index is 0.129. The van der Waals surface area contributed by atoms with Crippen molar-refractivity contribution in [3.05, 3.63) is 58.7 Å². The van der Waals surface area contributed by atoms with Crippen LogP contribution in [0, 0.1) is 0 Å². The lowest BCUT2D eigenvalue weighted by Gasteiger charge is -2.09. The second kappa shape index (κ2) is 5.96. The Labute approximate surface area is 132 Å². The summed E-state index contributed by atoms with van der Waals surface area (Å²) in [7, 11) is 3.57. The lowest BCUT2D eigenvalue weighted by atomic mass is 10.2. The highest BCUT2D eigenvalue weighted by Gasteiger charge is 2.19. The maximum absolute atomic E-state index is 12.1. The number of aromatic nitrogens is 2. The predicted octanol–water partition coefficient (Wildman–Crippen LogP) is 1.22. The zero-order chi connectivity index (χ0) is 16.4. The summed E-state index contributed by atoms with van der Waals surface area (Å²) in [5, 5.41) is 4.15. The van der Waals surface area contributed by atoms with E-state index in [1.807, 2.05) is 0 Å². The average molecular weight is 313 g/mol. The second-order valence-corrected chi connectivity index (χ2v) is 5.13. The number of fused-ring (bicyclic) bond motifs is 1. The molecule has 23 heavy (non-hydrogen) atoms. The molecule has 3 rings (SSSR count). The molecule has 1 aliphatic rings. The van der Waals surface area contributed by atoms with Crippen molar-refractivity contribution in [3.8, 4) is 17.2 Å². The minimum atomic E-state index is -0.456. The van der Waals surface area contributed by atoms with Crippen molar-refractivity contribution in [2.45, 2.75) is 0 Å². The number of ketones is 1. The van der Waals surface area contributed by atoms with Crippen molar-refractivity contribution >= 4 is 5.78 Å². The standard InChI is InChI=1S/C16H15N3O4/c1-18(2)8-6-12(20)15-13(21)7-9-19(17-15)11-4-3-5-14-16(11)23-10-22-14/h3-9H,10H2,1-2H3. The summed E-state index contributed by atoms with van der Waals surface area (Å²) < 4.78 is 12.2. The molecule has 1 aliphatic heterocycles. The zero-order valence-corrected chi connectivity index (χ0v) is 12.7. The van der Waals surface area contributed by atoms with E-state index in [4.69, 9.17) is 9.47 Å². The van der Waals surface area contributed by atoms with Gasteiger partial charge in [0.2, 0.25) is 18.0 Å². The number of benzene rings is 1. The summed E-state index contributed by atoms with van der Waals surface area (Å²) in [4.78, 5) is 25.8. The summed E-state index contributed by atoms with van der Waals surface area (Å²) >= 11 is 0. The first-order valence-electron chi connectivity index (χ1n) is 6.94. The molecule has 0 unspecified atom stereocenters. The quantitative estimate of drug-likeness (QED) is 0.624. The van der Waals surface area contributed by atoms with Gasteiger partial charge >= 0.3 is 0 Å². The molecule has 0 N–H and O–H groups in total. The Hall–Kier alpha value is -3.09. The lowest BCUT2D eigenvalue weighted by molar-refractivity contribution is 0.103. The highest BCUT2D eigenvalue weighted by molar-refractivity contribution is 6.02. The van der Waals surface area contributed by atoms with Gasteiger partial charge in [-0.3, -0.25) is 9.59 Å². The molecule has 0 radical (unpaired) electrons. The number of hydrogen-bond acceptors (Lipinski definition) is 6. The van der Waals surface area contributed by atoms with Gasteiger partial charge in [0.25, 0.3) is 0 Å². The molecule has 0 aliphatic carbocycles. The molecule has 1 aromatic heterocycles. The fourth-order valence-electron chi connectivity index (χ4n) is 2.10. The van der Waals surface area contributed by atoms with Gasteiger partial charge in [-0.15, -0.1) is 0 Å². The summed E-state index contributed by atoms with van der Waals surface area (Å²) in [6.07, 6.45) is 4.37. The van der Waals surface area contributed by atoms with Crippen LogP contribution in [-0.2, 0) is 0 Å². The monoisotopic (exact) mass is 313 g/mol. The maximum Gasteiger partial charge on any atom is 0.231 e. The third kappa shape index (κ3) is 2.94. The summed E-state index contributed by atoms with van der Waals surface area (Å²) in [5.41, 5.74) is 0.0205. The molecule has 0 saturated heterocycles. The van der Waals surface area contributed by atoms with Gasteiger partial charge in [-0.2, -0.15) is 5.10 Å². The molecule has 1 aromatic carbocycles. The Bertz CT molecular complexity index is 839. The molecule has 118 valence electrons. The molecule has 0 fully saturated rings. The van der Waals surface area contributed by atoms with Crippen molar-refractivity contribution < 1.29 is 14.3 Å². The number of allylic oxidation sites excluding steroid dienone is 1. The van der Waals surface area contributed by atoms with Crippen LogP contribution < -0.4 is 14.9 Å². The maximum atomic E-state index is 12.1. The van der Waals surface area contributed by atoms with E-state index in [0.29, 0.717) is 17.2 Å². The van der Waals surface area contributed by atoms with Gasteiger partial charge in [-0.1, -0.05) is 6.07 Å². The van der Waals surface area contributed by atoms with Gasteiger partial charge in [0.05, 0.1) is 0 Å². The fourth-order valence-corrected chi connectivity index (χ4v) is 2.10. The van der Waals surface area contributed by atoms with Crippen LogP contribution in [0.25, 0.3) is 5.69 Å². The first-order chi connectivity index (χ1) is 11.1. The normalized spacial score (nSPS) is 12.6. The van der Waals surface area contributed by atoms with E-state index in [1.165, 1.54) is 23.0 Å². The molecule has 0 saturated carbocycles. The minimum Gasteiger partial charge on any atom is -0.454 e. The van der Waals surface area contributed by atoms with Crippen LogP contribution in [0.5, 0.6) is 11.5 Å². The van der Waals surface area contributed by atoms with Gasteiger partial charge in [0.1, 0.15) is 5.69 Å². The van der Waals surface area contributed by atoms with Crippen molar-refractivity contribution in [2.24, 2.45) is 0 Å². The SMILES string of the molecule is CN(C)C=CC(=O)c1nn(-c2cccc3c2OCO3)ccc1=O. The highest BCUT2D eigenvalue weighted by atomic mass is 16.7. The molecule has 2 aromatic rings. The summed E-state index contributed by atoms with van der Waals surface area (Å²) in [6, 6.07) is 6.64. The number of hydrogen-bond donors (Lipinski definition) is 0. The molecule has 0 bridgehead atoms. The Kier molecular flexibility index (Phi) is 3.84. The number of rotatable bonds is 4. The molecule has 2 heterocycles. The van der Waals surface area contributed by atoms with E-state index in [9.17, 15) is 9.59 Å². The van der Waals surface area contributed by atoms with Crippen LogP contribution in [0.1, 0.15) is 10.5 Å². The van der Waals surface area contributed by atoms with Crippen molar-refractivity contribution in [3.63, 3.8) is 0 Å². The van der Waals surface area contributed by atoms with Crippen LogP contribution in [0.3, 0.4) is 0 Å². The Morgan fingerprint density at radius 2 is 2.13 bits per heavy atom. The van der Waals surface area contributed by atoms with Crippen LogP contribution >= 0.6 is 0 Å². The first kappa shape index (κ1) is 14.8. The molecule has 0 atom stereocenters. The van der Waals surface area contributed by atoms with E-state index in [-0.39, 0.29) is 12.5 Å². The van der Waals surface area contributed by atoms with Crippen LogP contribution in [0.15, 0.2) is 47.5 Å². The smallest absolute Gasteiger partial charge is 0.231 e. The summed E-state index contributed by atoms with van der Waals surface area (Å²) in [6.45, 7) is 0.129. The first-order valence-corrected chi connectivity index (χ1v) is 6.94. The van der Waals surface area contributed by atoms with Crippen molar-refractivity contribution in [1.82, 2.24) is 14.7 Å². The van der Waals surface area contributed by atoms with E-state index in [2.05, 4.69) is 5.10 Å². The fraction of sp³-hybridized carbons (Fsp3) is 0.188. The number of carbonyl (C=O) groups excluding carboxylic acids is 1. The average Bonchev–Trinajstić information content (AvgIpc) is 3.01. The lowest BCUT2D eigenvalue weighted by Crippen LogP contribution is -2.20. The van der Waals surface area contributed by atoms with Crippen molar-refractivity contribution in [2.75, 3.05) is 20.9 Å².